The largest absolute Gasteiger partial charge is 0.370 e. The summed E-state index contributed by atoms with van der Waals surface area (Å²) in [4.78, 5) is 32.6. The van der Waals surface area contributed by atoms with Crippen LogP contribution < -0.4 is 22.1 Å². The normalized spacial score (nSPS) is 11.8. The number of carbonyl (C=O) groups excluding carboxylic acids is 3. The molecule has 0 aromatic rings. The van der Waals surface area contributed by atoms with Crippen molar-refractivity contribution in [1.29, 1.82) is 0 Å². The van der Waals surface area contributed by atoms with E-state index < -0.39 is 11.9 Å². The molecule has 0 rings (SSSR count). The Kier molecular flexibility index (Phi) is 11.6. The van der Waals surface area contributed by atoms with E-state index in [0.29, 0.717) is 32.5 Å². The minimum Gasteiger partial charge on any atom is -0.370 e. The molecular formula is C13H25N4O3. The van der Waals surface area contributed by atoms with Gasteiger partial charge in [-0.3, -0.25) is 14.4 Å². The third-order valence-electron chi connectivity index (χ3n) is 2.75. The van der Waals surface area contributed by atoms with Crippen molar-refractivity contribution in [2.75, 3.05) is 19.6 Å². The van der Waals surface area contributed by atoms with Gasteiger partial charge in [0.1, 0.15) is 0 Å². The van der Waals surface area contributed by atoms with E-state index in [0.717, 1.165) is 19.3 Å². The van der Waals surface area contributed by atoms with Gasteiger partial charge in [0.05, 0.1) is 6.04 Å². The van der Waals surface area contributed by atoms with Gasteiger partial charge >= 0.3 is 0 Å². The maximum atomic E-state index is 11.4. The number of primary amides is 1. The third-order valence-corrected chi connectivity index (χ3v) is 2.75. The average molecular weight is 285 g/mol. The van der Waals surface area contributed by atoms with Crippen LogP contribution >= 0.6 is 0 Å². The summed E-state index contributed by atoms with van der Waals surface area (Å²) in [5, 5.41) is 5.75. The van der Waals surface area contributed by atoms with Crippen LogP contribution in [0.5, 0.6) is 0 Å². The van der Waals surface area contributed by atoms with Gasteiger partial charge in [-0.15, -0.1) is 0 Å². The van der Waals surface area contributed by atoms with Gasteiger partial charge in [-0.2, -0.15) is 0 Å². The summed E-state index contributed by atoms with van der Waals surface area (Å²) >= 11 is 0. The molecule has 7 heteroatoms. The smallest absolute Gasteiger partial charge is 0.219 e. The quantitative estimate of drug-likeness (QED) is 0.321. The Labute approximate surface area is 119 Å². The molecule has 1 unspecified atom stereocenters. The molecule has 0 spiro atoms. The fourth-order valence-corrected chi connectivity index (χ4v) is 1.59. The van der Waals surface area contributed by atoms with E-state index in [9.17, 15) is 14.4 Å². The van der Waals surface area contributed by atoms with Gasteiger partial charge < -0.3 is 22.1 Å². The summed E-state index contributed by atoms with van der Waals surface area (Å²) in [5.41, 5.74) is 10.3. The molecule has 0 fully saturated rings. The van der Waals surface area contributed by atoms with Gasteiger partial charge in [0.15, 0.2) is 0 Å². The first-order valence-electron chi connectivity index (χ1n) is 6.96. The lowest BCUT2D eigenvalue weighted by molar-refractivity contribution is -0.121. The van der Waals surface area contributed by atoms with E-state index in [-0.39, 0.29) is 12.3 Å². The molecule has 0 aromatic heterocycles. The molecule has 7 nitrogen and oxygen atoms in total. The predicted octanol–water partition coefficient (Wildman–Crippen LogP) is -1.04. The minimum absolute atomic E-state index is 0.0191. The highest BCUT2D eigenvalue weighted by molar-refractivity contribution is 5.75. The van der Waals surface area contributed by atoms with E-state index >= 15 is 0 Å². The van der Waals surface area contributed by atoms with Gasteiger partial charge in [-0.25, -0.2) is 0 Å². The zero-order valence-corrected chi connectivity index (χ0v) is 11.8. The highest BCUT2D eigenvalue weighted by Crippen LogP contribution is 1.97. The summed E-state index contributed by atoms with van der Waals surface area (Å²) in [6, 6.07) is -0.471. The molecule has 0 heterocycles. The second-order valence-electron chi connectivity index (χ2n) is 4.58. The number of carbonyl (C=O) groups is 2. The molecule has 1 radical (unpaired) electrons. The predicted molar refractivity (Wildman–Crippen MR) is 76.4 cm³/mol. The number of nitrogens with two attached hydrogens (primary N) is 2. The number of unbranched alkanes of at least 4 members (excludes halogenated alkanes) is 1. The lowest BCUT2D eigenvalue weighted by Crippen LogP contribution is -2.32. The molecule has 0 aliphatic heterocycles. The SMILES string of the molecule is NCCCNC(=O)CCCCNC([C]=O)CCC(N)=O. The first-order chi connectivity index (χ1) is 9.60. The maximum absolute atomic E-state index is 11.4. The first kappa shape index (κ1) is 18.5. The molecule has 115 valence electrons. The number of rotatable bonds is 13. The fraction of sp³-hybridized carbons (Fsp3) is 0.769. The number of amides is 2. The van der Waals surface area contributed by atoms with E-state index in [4.69, 9.17) is 11.5 Å². The Morgan fingerprint density at radius 1 is 1.10 bits per heavy atom. The fourth-order valence-electron chi connectivity index (χ4n) is 1.59. The monoisotopic (exact) mass is 285 g/mol. The van der Waals surface area contributed by atoms with Crippen molar-refractivity contribution >= 4 is 18.1 Å². The van der Waals surface area contributed by atoms with Crippen molar-refractivity contribution in [2.24, 2.45) is 11.5 Å². The van der Waals surface area contributed by atoms with E-state index in [1.54, 1.807) is 0 Å². The van der Waals surface area contributed by atoms with Crippen LogP contribution in [-0.4, -0.2) is 43.8 Å². The molecule has 20 heavy (non-hydrogen) atoms. The van der Waals surface area contributed by atoms with Gasteiger partial charge in [-0.1, -0.05) is 0 Å². The van der Waals surface area contributed by atoms with Crippen LogP contribution in [0.15, 0.2) is 0 Å². The Hall–Kier alpha value is -1.47. The second kappa shape index (κ2) is 12.6. The molecule has 0 aromatic carbocycles. The average Bonchev–Trinajstić information content (AvgIpc) is 2.42. The molecular weight excluding hydrogens is 260 g/mol. The minimum atomic E-state index is -0.471. The number of nitrogens with one attached hydrogen (secondary N) is 2. The van der Waals surface area contributed by atoms with Crippen molar-refractivity contribution in [3.8, 4) is 0 Å². The highest BCUT2D eigenvalue weighted by Gasteiger charge is 2.09. The zero-order valence-electron chi connectivity index (χ0n) is 11.8. The number of hydrogen-bond acceptors (Lipinski definition) is 5. The van der Waals surface area contributed by atoms with Crippen LogP contribution in [0.25, 0.3) is 0 Å². The molecule has 0 bridgehead atoms. The van der Waals surface area contributed by atoms with Crippen LogP contribution in [0, 0.1) is 0 Å². The first-order valence-corrected chi connectivity index (χ1v) is 6.96. The summed E-state index contributed by atoms with van der Waals surface area (Å²) in [6.07, 6.45) is 5.11. The summed E-state index contributed by atoms with van der Waals surface area (Å²) < 4.78 is 0. The maximum Gasteiger partial charge on any atom is 0.219 e. The summed E-state index contributed by atoms with van der Waals surface area (Å²) in [7, 11) is 0. The van der Waals surface area contributed by atoms with Crippen LogP contribution in [0.2, 0.25) is 0 Å². The van der Waals surface area contributed by atoms with Gasteiger partial charge in [0, 0.05) is 19.4 Å². The summed E-state index contributed by atoms with van der Waals surface area (Å²) in [5.74, 6) is -0.410. The molecule has 2 amide bonds. The van der Waals surface area contributed by atoms with Gasteiger partial charge in [0.2, 0.25) is 18.1 Å². The standard InChI is InChI=1S/C13H25N4O3/c14-7-3-9-17-13(20)4-1-2-8-16-11(10-18)5-6-12(15)19/h11,16H,1-9,14H2,(H2,15,19)(H,17,20). The van der Waals surface area contributed by atoms with Gasteiger partial charge in [-0.05, 0) is 38.8 Å². The molecule has 0 aliphatic rings. The van der Waals surface area contributed by atoms with Crippen molar-refractivity contribution in [1.82, 2.24) is 10.6 Å². The van der Waals surface area contributed by atoms with Crippen molar-refractivity contribution < 1.29 is 14.4 Å². The van der Waals surface area contributed by atoms with Crippen LogP contribution in [0.1, 0.15) is 38.5 Å². The lowest BCUT2D eigenvalue weighted by atomic mass is 10.1. The summed E-state index contributed by atoms with van der Waals surface area (Å²) in [6.45, 7) is 1.79. The highest BCUT2D eigenvalue weighted by atomic mass is 16.2. The Morgan fingerprint density at radius 3 is 2.45 bits per heavy atom. The molecule has 0 saturated carbocycles. The van der Waals surface area contributed by atoms with Crippen molar-refractivity contribution in [3.05, 3.63) is 0 Å². The van der Waals surface area contributed by atoms with Gasteiger partial charge in [0.25, 0.3) is 0 Å². The third kappa shape index (κ3) is 11.6. The van der Waals surface area contributed by atoms with E-state index in [1.807, 2.05) is 6.29 Å². The second-order valence-corrected chi connectivity index (χ2v) is 4.58. The molecule has 1 atom stereocenters. The molecule has 0 aliphatic carbocycles. The Bertz CT molecular complexity index is 297. The topological polar surface area (TPSA) is 127 Å². The van der Waals surface area contributed by atoms with Crippen LogP contribution in [-0.2, 0) is 14.4 Å². The Morgan fingerprint density at radius 2 is 1.85 bits per heavy atom. The van der Waals surface area contributed by atoms with Crippen molar-refractivity contribution in [3.63, 3.8) is 0 Å². The zero-order chi connectivity index (χ0) is 15.2. The van der Waals surface area contributed by atoms with E-state index in [1.165, 1.54) is 0 Å². The van der Waals surface area contributed by atoms with Crippen molar-refractivity contribution in [2.45, 2.75) is 44.6 Å². The molecule has 6 N–H and O–H groups in total. The lowest BCUT2D eigenvalue weighted by Gasteiger charge is -2.10. The number of hydrogen-bond donors (Lipinski definition) is 4. The Balaban J connectivity index is 3.51. The van der Waals surface area contributed by atoms with Crippen LogP contribution in [0.4, 0.5) is 0 Å². The van der Waals surface area contributed by atoms with Crippen LogP contribution in [0.3, 0.4) is 0 Å². The van der Waals surface area contributed by atoms with E-state index in [2.05, 4.69) is 10.6 Å². The molecule has 0 saturated heterocycles.